The lowest BCUT2D eigenvalue weighted by molar-refractivity contribution is -0.0251. The van der Waals surface area contributed by atoms with Gasteiger partial charge in [-0.1, -0.05) is 13.8 Å². The Balaban J connectivity index is 2.00. The number of aliphatic hydroxyl groups is 1. The Morgan fingerprint density at radius 3 is 2.25 bits per heavy atom. The van der Waals surface area contributed by atoms with Gasteiger partial charge < -0.3 is 5.11 Å². The summed E-state index contributed by atoms with van der Waals surface area (Å²) in [6.45, 7) is 4.58. The molecule has 0 bridgehead atoms. The van der Waals surface area contributed by atoms with Gasteiger partial charge >= 0.3 is 0 Å². The second-order valence-electron chi connectivity index (χ2n) is 5.92. The molecule has 0 unspecified atom stereocenters. The summed E-state index contributed by atoms with van der Waals surface area (Å²) in [6, 6.07) is 4.00. The van der Waals surface area contributed by atoms with Crippen molar-refractivity contribution in [1.82, 2.24) is 4.98 Å². The van der Waals surface area contributed by atoms with E-state index in [1.54, 1.807) is 12.4 Å². The minimum Gasteiger partial charge on any atom is -0.390 e. The van der Waals surface area contributed by atoms with Gasteiger partial charge in [-0.3, -0.25) is 4.98 Å². The predicted molar refractivity (Wildman–Crippen MR) is 65.1 cm³/mol. The van der Waals surface area contributed by atoms with E-state index in [0.717, 1.165) is 32.1 Å². The number of rotatable bonds is 2. The van der Waals surface area contributed by atoms with E-state index in [9.17, 15) is 5.11 Å². The lowest BCUT2D eigenvalue weighted by Crippen LogP contribution is -2.38. The first kappa shape index (κ1) is 11.6. The maximum Gasteiger partial charge on any atom is 0.0688 e. The summed E-state index contributed by atoms with van der Waals surface area (Å²) in [5.74, 6) is 0. The maximum atomic E-state index is 10.5. The summed E-state index contributed by atoms with van der Waals surface area (Å²) in [5, 5.41) is 10.5. The van der Waals surface area contributed by atoms with Crippen LogP contribution < -0.4 is 0 Å². The van der Waals surface area contributed by atoms with Gasteiger partial charge in [0.05, 0.1) is 5.60 Å². The van der Waals surface area contributed by atoms with E-state index in [2.05, 4.69) is 18.8 Å². The third-order valence-electron chi connectivity index (χ3n) is 3.82. The normalized spacial score (nSPS) is 22.9. The molecule has 0 amide bonds. The fourth-order valence-corrected chi connectivity index (χ4v) is 2.45. The van der Waals surface area contributed by atoms with Crippen molar-refractivity contribution in [2.75, 3.05) is 0 Å². The Morgan fingerprint density at radius 2 is 1.69 bits per heavy atom. The molecule has 88 valence electrons. The lowest BCUT2D eigenvalue weighted by Gasteiger charge is -2.40. The zero-order chi connectivity index (χ0) is 11.6. The van der Waals surface area contributed by atoms with Crippen LogP contribution in [0, 0.1) is 5.41 Å². The maximum absolute atomic E-state index is 10.5. The summed E-state index contributed by atoms with van der Waals surface area (Å²) in [6.07, 6.45) is 8.44. The van der Waals surface area contributed by atoms with Crippen molar-refractivity contribution in [1.29, 1.82) is 0 Å². The fourth-order valence-electron chi connectivity index (χ4n) is 2.45. The minimum atomic E-state index is -0.489. The highest BCUT2D eigenvalue weighted by molar-refractivity contribution is 5.13. The number of pyridine rings is 1. The van der Waals surface area contributed by atoms with Crippen molar-refractivity contribution in [2.45, 2.75) is 51.6 Å². The molecule has 2 nitrogen and oxygen atoms in total. The van der Waals surface area contributed by atoms with E-state index in [1.807, 2.05) is 12.1 Å². The molecule has 0 spiro atoms. The second kappa shape index (κ2) is 4.17. The number of aromatic nitrogens is 1. The highest BCUT2D eigenvalue weighted by Crippen LogP contribution is 2.41. The van der Waals surface area contributed by atoms with Gasteiger partial charge in [0.15, 0.2) is 0 Å². The van der Waals surface area contributed by atoms with Crippen LogP contribution in [0.1, 0.15) is 45.1 Å². The largest absolute Gasteiger partial charge is 0.390 e. The molecule has 0 aromatic carbocycles. The van der Waals surface area contributed by atoms with E-state index >= 15 is 0 Å². The third kappa shape index (κ3) is 2.82. The second-order valence-corrected chi connectivity index (χ2v) is 5.92. The van der Waals surface area contributed by atoms with Gasteiger partial charge in [0.1, 0.15) is 0 Å². The van der Waals surface area contributed by atoms with Crippen LogP contribution >= 0.6 is 0 Å². The van der Waals surface area contributed by atoms with E-state index in [4.69, 9.17) is 0 Å². The van der Waals surface area contributed by atoms with E-state index < -0.39 is 5.60 Å². The van der Waals surface area contributed by atoms with Gasteiger partial charge in [0.25, 0.3) is 0 Å². The molecule has 1 heterocycles. The lowest BCUT2D eigenvalue weighted by atomic mass is 9.69. The van der Waals surface area contributed by atoms with Crippen LogP contribution in [0.4, 0.5) is 0 Å². The van der Waals surface area contributed by atoms with Gasteiger partial charge in [0.2, 0.25) is 0 Å². The highest BCUT2D eigenvalue weighted by atomic mass is 16.3. The zero-order valence-corrected chi connectivity index (χ0v) is 10.2. The highest BCUT2D eigenvalue weighted by Gasteiger charge is 2.36. The molecule has 1 N–H and O–H groups in total. The average Bonchev–Trinajstić information content (AvgIpc) is 2.25. The van der Waals surface area contributed by atoms with Gasteiger partial charge in [0, 0.05) is 18.8 Å². The van der Waals surface area contributed by atoms with Gasteiger partial charge in [-0.15, -0.1) is 0 Å². The van der Waals surface area contributed by atoms with Crippen LogP contribution in [0.15, 0.2) is 24.5 Å². The molecule has 16 heavy (non-hydrogen) atoms. The van der Waals surface area contributed by atoms with Crippen LogP contribution in [-0.2, 0) is 6.42 Å². The van der Waals surface area contributed by atoms with E-state index in [1.165, 1.54) is 5.56 Å². The van der Waals surface area contributed by atoms with Gasteiger partial charge in [-0.25, -0.2) is 0 Å². The zero-order valence-electron chi connectivity index (χ0n) is 10.2. The van der Waals surface area contributed by atoms with Crippen LogP contribution in [-0.4, -0.2) is 15.7 Å². The Kier molecular flexibility index (Phi) is 3.02. The van der Waals surface area contributed by atoms with Crippen LogP contribution in [0.25, 0.3) is 0 Å². The van der Waals surface area contributed by atoms with Gasteiger partial charge in [-0.2, -0.15) is 0 Å². The fraction of sp³-hybridized carbons (Fsp3) is 0.643. The summed E-state index contributed by atoms with van der Waals surface area (Å²) in [7, 11) is 0. The Hall–Kier alpha value is -0.890. The summed E-state index contributed by atoms with van der Waals surface area (Å²) in [4.78, 5) is 4.00. The first-order valence-corrected chi connectivity index (χ1v) is 6.11. The molecule has 0 atom stereocenters. The molecule has 0 radical (unpaired) electrons. The first-order valence-electron chi connectivity index (χ1n) is 6.11. The van der Waals surface area contributed by atoms with Crippen molar-refractivity contribution >= 4 is 0 Å². The summed E-state index contributed by atoms with van der Waals surface area (Å²) in [5.41, 5.74) is 1.11. The molecule has 1 aromatic rings. The minimum absolute atomic E-state index is 0.407. The topological polar surface area (TPSA) is 33.1 Å². The Bertz CT molecular complexity index is 335. The summed E-state index contributed by atoms with van der Waals surface area (Å²) >= 11 is 0. The molecule has 1 fully saturated rings. The SMILES string of the molecule is CC1(C)CCC(O)(Cc2ccncc2)CC1. The van der Waals surface area contributed by atoms with Crippen molar-refractivity contribution in [3.8, 4) is 0 Å². The van der Waals surface area contributed by atoms with Crippen LogP contribution in [0.5, 0.6) is 0 Å². The van der Waals surface area contributed by atoms with Gasteiger partial charge in [-0.05, 0) is 48.8 Å². The Labute approximate surface area is 97.7 Å². The monoisotopic (exact) mass is 219 g/mol. The molecule has 2 rings (SSSR count). The molecule has 1 aromatic heterocycles. The molecule has 1 saturated carbocycles. The molecule has 0 aliphatic heterocycles. The van der Waals surface area contributed by atoms with E-state index in [0.29, 0.717) is 5.41 Å². The smallest absolute Gasteiger partial charge is 0.0688 e. The van der Waals surface area contributed by atoms with Crippen molar-refractivity contribution in [3.63, 3.8) is 0 Å². The van der Waals surface area contributed by atoms with Crippen LogP contribution in [0.2, 0.25) is 0 Å². The number of hydrogen-bond donors (Lipinski definition) is 1. The Morgan fingerprint density at radius 1 is 1.12 bits per heavy atom. The van der Waals surface area contributed by atoms with Crippen molar-refractivity contribution in [2.24, 2.45) is 5.41 Å². The van der Waals surface area contributed by atoms with Crippen LogP contribution in [0.3, 0.4) is 0 Å². The molecule has 1 aliphatic carbocycles. The number of nitrogens with zero attached hydrogens (tertiary/aromatic N) is 1. The standard InChI is InChI=1S/C14H21NO/c1-13(2)5-7-14(16,8-6-13)11-12-3-9-15-10-4-12/h3-4,9-10,16H,5-8,11H2,1-2H3. The van der Waals surface area contributed by atoms with Crippen molar-refractivity contribution in [3.05, 3.63) is 30.1 Å². The molecule has 2 heteroatoms. The summed E-state index contributed by atoms with van der Waals surface area (Å²) < 4.78 is 0. The average molecular weight is 219 g/mol. The first-order chi connectivity index (χ1) is 7.49. The quantitative estimate of drug-likeness (QED) is 0.829. The molecular formula is C14H21NO. The molecule has 1 aliphatic rings. The van der Waals surface area contributed by atoms with E-state index in [-0.39, 0.29) is 0 Å². The molecular weight excluding hydrogens is 198 g/mol. The number of hydrogen-bond acceptors (Lipinski definition) is 2. The third-order valence-corrected chi connectivity index (χ3v) is 3.82. The molecule has 0 saturated heterocycles. The predicted octanol–water partition coefficient (Wildman–Crippen LogP) is 2.96. The van der Waals surface area contributed by atoms with Crippen molar-refractivity contribution < 1.29 is 5.11 Å².